The highest BCUT2D eigenvalue weighted by atomic mass is 35.5. The SMILES string of the molecule is C#CCOc1ccc(/C=C2/NC(=O)N(c3cccc(Cl)c3)C2=O)cc1. The Bertz CT molecular complexity index is 898. The second-order valence-corrected chi connectivity index (χ2v) is 5.61. The number of carbonyl (C=O) groups is 2. The van der Waals surface area contributed by atoms with Crippen LogP contribution in [-0.4, -0.2) is 18.5 Å². The molecule has 5 nitrogen and oxygen atoms in total. The summed E-state index contributed by atoms with van der Waals surface area (Å²) in [6, 6.07) is 13.0. The molecule has 1 fully saturated rings. The maximum Gasteiger partial charge on any atom is 0.333 e. The van der Waals surface area contributed by atoms with Gasteiger partial charge < -0.3 is 10.1 Å². The van der Waals surface area contributed by atoms with Crippen LogP contribution in [0.25, 0.3) is 6.08 Å². The van der Waals surface area contributed by atoms with E-state index in [1.165, 1.54) is 0 Å². The largest absolute Gasteiger partial charge is 0.481 e. The number of halogens is 1. The quantitative estimate of drug-likeness (QED) is 0.521. The Morgan fingerprint density at radius 3 is 2.64 bits per heavy atom. The topological polar surface area (TPSA) is 58.6 Å². The van der Waals surface area contributed by atoms with Crippen molar-refractivity contribution in [2.45, 2.75) is 0 Å². The Balaban J connectivity index is 1.82. The van der Waals surface area contributed by atoms with Gasteiger partial charge in [-0.2, -0.15) is 0 Å². The number of nitrogens with zero attached hydrogens (tertiary/aromatic N) is 1. The van der Waals surface area contributed by atoms with Crippen molar-refractivity contribution in [2.24, 2.45) is 0 Å². The van der Waals surface area contributed by atoms with Gasteiger partial charge in [0, 0.05) is 5.02 Å². The van der Waals surface area contributed by atoms with Crippen molar-refractivity contribution in [3.8, 4) is 18.1 Å². The molecule has 0 saturated carbocycles. The number of amides is 3. The lowest BCUT2D eigenvalue weighted by molar-refractivity contribution is -0.113. The molecule has 2 aromatic carbocycles. The Labute approximate surface area is 149 Å². The number of ether oxygens (including phenoxy) is 1. The molecule has 3 rings (SSSR count). The van der Waals surface area contributed by atoms with E-state index in [-0.39, 0.29) is 12.3 Å². The van der Waals surface area contributed by atoms with E-state index >= 15 is 0 Å². The molecular weight excluding hydrogens is 340 g/mol. The van der Waals surface area contributed by atoms with E-state index < -0.39 is 11.9 Å². The summed E-state index contributed by atoms with van der Waals surface area (Å²) in [5, 5.41) is 3.01. The third kappa shape index (κ3) is 3.65. The normalized spacial score (nSPS) is 15.2. The van der Waals surface area contributed by atoms with Gasteiger partial charge >= 0.3 is 6.03 Å². The number of terminal acetylenes is 1. The Hall–Kier alpha value is -3.23. The highest BCUT2D eigenvalue weighted by Gasteiger charge is 2.34. The first kappa shape index (κ1) is 16.6. The van der Waals surface area contributed by atoms with Crippen LogP contribution in [0.4, 0.5) is 10.5 Å². The fourth-order valence-corrected chi connectivity index (χ4v) is 2.52. The second kappa shape index (κ2) is 7.12. The van der Waals surface area contributed by atoms with Crippen LogP contribution in [0, 0.1) is 12.3 Å². The molecule has 3 amide bonds. The lowest BCUT2D eigenvalue weighted by Gasteiger charge is -2.11. The summed E-state index contributed by atoms with van der Waals surface area (Å²) in [6.45, 7) is 0.184. The number of rotatable bonds is 4. The van der Waals surface area contributed by atoms with Crippen LogP contribution in [-0.2, 0) is 4.79 Å². The molecule has 1 saturated heterocycles. The van der Waals surface area contributed by atoms with Gasteiger partial charge in [-0.05, 0) is 42.0 Å². The summed E-state index contributed by atoms with van der Waals surface area (Å²) in [5.74, 6) is 2.57. The third-order valence-corrected chi connectivity index (χ3v) is 3.69. The summed E-state index contributed by atoms with van der Waals surface area (Å²) in [7, 11) is 0. The zero-order valence-corrected chi connectivity index (χ0v) is 13.8. The molecule has 1 aliphatic heterocycles. The average molecular weight is 353 g/mol. The number of benzene rings is 2. The van der Waals surface area contributed by atoms with Crippen LogP contribution >= 0.6 is 11.6 Å². The third-order valence-electron chi connectivity index (χ3n) is 3.46. The zero-order chi connectivity index (χ0) is 17.8. The van der Waals surface area contributed by atoms with Gasteiger partial charge in [-0.15, -0.1) is 6.42 Å². The summed E-state index contributed by atoms with van der Waals surface area (Å²) in [5.41, 5.74) is 1.34. The van der Waals surface area contributed by atoms with Crippen molar-refractivity contribution in [2.75, 3.05) is 11.5 Å². The molecule has 0 radical (unpaired) electrons. The molecule has 0 unspecified atom stereocenters. The first-order valence-corrected chi connectivity index (χ1v) is 7.75. The van der Waals surface area contributed by atoms with Gasteiger partial charge in [0.25, 0.3) is 5.91 Å². The number of imide groups is 1. The van der Waals surface area contributed by atoms with E-state index in [0.29, 0.717) is 16.5 Å². The zero-order valence-electron chi connectivity index (χ0n) is 13.0. The minimum absolute atomic E-state index is 0.183. The van der Waals surface area contributed by atoms with Crippen molar-refractivity contribution in [3.63, 3.8) is 0 Å². The average Bonchev–Trinajstić information content (AvgIpc) is 2.88. The van der Waals surface area contributed by atoms with Crippen LogP contribution in [0.3, 0.4) is 0 Å². The van der Waals surface area contributed by atoms with Gasteiger partial charge in [0.15, 0.2) is 0 Å². The Morgan fingerprint density at radius 1 is 1.20 bits per heavy atom. The van der Waals surface area contributed by atoms with E-state index in [4.69, 9.17) is 22.8 Å². The van der Waals surface area contributed by atoms with E-state index in [9.17, 15) is 9.59 Å². The number of hydrogen-bond acceptors (Lipinski definition) is 3. The monoisotopic (exact) mass is 352 g/mol. The molecule has 0 aromatic heterocycles. The maximum atomic E-state index is 12.5. The summed E-state index contributed by atoms with van der Waals surface area (Å²) in [4.78, 5) is 25.7. The van der Waals surface area contributed by atoms with Crippen LogP contribution in [0.2, 0.25) is 5.02 Å². The minimum Gasteiger partial charge on any atom is -0.481 e. The summed E-state index contributed by atoms with van der Waals surface area (Å²) >= 11 is 5.93. The fraction of sp³-hybridized carbons (Fsp3) is 0.0526. The van der Waals surface area contributed by atoms with Crippen molar-refractivity contribution in [1.29, 1.82) is 0 Å². The first-order chi connectivity index (χ1) is 12.1. The van der Waals surface area contributed by atoms with Gasteiger partial charge in [0.05, 0.1) is 5.69 Å². The summed E-state index contributed by atoms with van der Waals surface area (Å²) < 4.78 is 5.29. The van der Waals surface area contributed by atoms with Crippen molar-refractivity contribution in [1.82, 2.24) is 5.32 Å². The number of hydrogen-bond donors (Lipinski definition) is 1. The molecule has 1 aliphatic rings. The molecule has 1 heterocycles. The minimum atomic E-state index is -0.521. The molecule has 25 heavy (non-hydrogen) atoms. The van der Waals surface area contributed by atoms with Gasteiger partial charge in [-0.25, -0.2) is 9.69 Å². The van der Waals surface area contributed by atoms with Gasteiger partial charge in [-0.3, -0.25) is 4.79 Å². The molecule has 2 aromatic rings. The van der Waals surface area contributed by atoms with Crippen LogP contribution in [0.15, 0.2) is 54.2 Å². The molecule has 0 atom stereocenters. The molecule has 124 valence electrons. The molecule has 0 aliphatic carbocycles. The number of urea groups is 1. The number of nitrogens with one attached hydrogen (secondary N) is 1. The Kier molecular flexibility index (Phi) is 4.73. The van der Waals surface area contributed by atoms with Gasteiger partial charge in [0.1, 0.15) is 18.1 Å². The van der Waals surface area contributed by atoms with Gasteiger partial charge in [0.2, 0.25) is 0 Å². The second-order valence-electron chi connectivity index (χ2n) is 5.17. The maximum absolute atomic E-state index is 12.5. The predicted octanol–water partition coefficient (Wildman–Crippen LogP) is 3.45. The van der Waals surface area contributed by atoms with Crippen molar-refractivity contribution in [3.05, 3.63) is 64.8 Å². The van der Waals surface area contributed by atoms with E-state index in [1.54, 1.807) is 54.6 Å². The number of carbonyl (C=O) groups excluding carboxylic acids is 2. The lowest BCUT2D eigenvalue weighted by Crippen LogP contribution is -2.30. The molecule has 0 spiro atoms. The van der Waals surface area contributed by atoms with Crippen LogP contribution in [0.1, 0.15) is 5.56 Å². The first-order valence-electron chi connectivity index (χ1n) is 7.37. The summed E-state index contributed by atoms with van der Waals surface area (Å²) in [6.07, 6.45) is 6.73. The lowest BCUT2D eigenvalue weighted by atomic mass is 10.2. The highest BCUT2D eigenvalue weighted by Crippen LogP contribution is 2.25. The van der Waals surface area contributed by atoms with E-state index in [2.05, 4.69) is 11.2 Å². The molecule has 1 N–H and O–H groups in total. The van der Waals surface area contributed by atoms with Gasteiger partial charge in [-0.1, -0.05) is 35.7 Å². The molecule has 0 bridgehead atoms. The Morgan fingerprint density at radius 2 is 1.96 bits per heavy atom. The van der Waals surface area contributed by atoms with Crippen LogP contribution < -0.4 is 15.0 Å². The molecule has 6 heteroatoms. The predicted molar refractivity (Wildman–Crippen MR) is 96.2 cm³/mol. The van der Waals surface area contributed by atoms with Crippen molar-refractivity contribution < 1.29 is 14.3 Å². The smallest absolute Gasteiger partial charge is 0.333 e. The van der Waals surface area contributed by atoms with E-state index in [0.717, 1.165) is 10.5 Å². The van der Waals surface area contributed by atoms with Crippen molar-refractivity contribution >= 4 is 35.3 Å². The fourth-order valence-electron chi connectivity index (χ4n) is 2.34. The molecular formula is C19H13ClN2O3. The standard InChI is InChI=1S/C19H13ClN2O3/c1-2-10-25-16-8-6-13(7-9-16)11-17-18(23)22(19(24)21-17)15-5-3-4-14(20)12-15/h1,3-9,11-12H,10H2,(H,21,24)/b17-11+. The van der Waals surface area contributed by atoms with E-state index in [1.807, 2.05) is 0 Å². The highest BCUT2D eigenvalue weighted by molar-refractivity contribution is 6.32. The van der Waals surface area contributed by atoms with Crippen LogP contribution in [0.5, 0.6) is 5.75 Å². The number of anilines is 1.